The van der Waals surface area contributed by atoms with Gasteiger partial charge in [-0.05, 0) is 26.3 Å². The number of aromatic amines is 2. The van der Waals surface area contributed by atoms with Gasteiger partial charge in [0.1, 0.15) is 0 Å². The van der Waals surface area contributed by atoms with Gasteiger partial charge in [0, 0.05) is 23.7 Å². The first-order valence-electron chi connectivity index (χ1n) is 5.27. The molecular weight excluding hydrogens is 178 g/mol. The van der Waals surface area contributed by atoms with Crippen LogP contribution in [0.2, 0.25) is 0 Å². The van der Waals surface area contributed by atoms with Gasteiger partial charge in [0.25, 0.3) is 5.56 Å². The van der Waals surface area contributed by atoms with Crippen molar-refractivity contribution >= 4 is 0 Å². The summed E-state index contributed by atoms with van der Waals surface area (Å²) in [5.74, 6) is 0. The molecule has 0 bridgehead atoms. The van der Waals surface area contributed by atoms with Crippen LogP contribution in [0.3, 0.4) is 0 Å². The van der Waals surface area contributed by atoms with E-state index < -0.39 is 0 Å². The van der Waals surface area contributed by atoms with Crippen LogP contribution in [0.5, 0.6) is 0 Å². The molecule has 2 heterocycles. The Morgan fingerprint density at radius 1 is 1.36 bits per heavy atom. The van der Waals surface area contributed by atoms with Crippen LogP contribution in [-0.4, -0.2) is 22.8 Å². The summed E-state index contributed by atoms with van der Waals surface area (Å²) in [6, 6.07) is 0.536. The third kappa shape index (κ3) is 1.90. The van der Waals surface area contributed by atoms with Gasteiger partial charge in [0.15, 0.2) is 0 Å². The first kappa shape index (κ1) is 9.52. The zero-order chi connectivity index (χ0) is 9.97. The third-order valence-electron chi connectivity index (χ3n) is 2.98. The van der Waals surface area contributed by atoms with Gasteiger partial charge in [-0.3, -0.25) is 9.89 Å². The van der Waals surface area contributed by atoms with Gasteiger partial charge in [0.2, 0.25) is 0 Å². The Balaban J connectivity index is 2.02. The van der Waals surface area contributed by atoms with Crippen molar-refractivity contribution in [2.75, 3.05) is 6.54 Å². The number of hydrogen-bond donors (Lipinski definition) is 3. The zero-order valence-electron chi connectivity index (χ0n) is 8.52. The first-order chi connectivity index (χ1) is 6.77. The van der Waals surface area contributed by atoms with Gasteiger partial charge >= 0.3 is 0 Å². The molecule has 1 saturated heterocycles. The van der Waals surface area contributed by atoms with Crippen LogP contribution in [0.4, 0.5) is 0 Å². The van der Waals surface area contributed by atoms with E-state index in [1.165, 1.54) is 19.3 Å². The summed E-state index contributed by atoms with van der Waals surface area (Å²) in [6.07, 6.45) is 4.72. The largest absolute Gasteiger partial charge is 0.314 e. The van der Waals surface area contributed by atoms with E-state index in [2.05, 4.69) is 15.5 Å². The average Bonchev–Trinajstić information content (AvgIpc) is 2.52. The second-order valence-corrected chi connectivity index (χ2v) is 4.03. The Labute approximate surface area is 83.1 Å². The molecule has 0 saturated carbocycles. The number of hydrogen-bond acceptors (Lipinski definition) is 2. The monoisotopic (exact) mass is 195 g/mol. The molecule has 1 fully saturated rings. The van der Waals surface area contributed by atoms with Crippen molar-refractivity contribution in [3.63, 3.8) is 0 Å². The van der Waals surface area contributed by atoms with E-state index in [0.29, 0.717) is 6.04 Å². The van der Waals surface area contributed by atoms with E-state index >= 15 is 0 Å². The Morgan fingerprint density at radius 3 is 2.79 bits per heavy atom. The van der Waals surface area contributed by atoms with Crippen LogP contribution in [0, 0.1) is 6.92 Å². The van der Waals surface area contributed by atoms with Crippen molar-refractivity contribution in [3.05, 3.63) is 21.6 Å². The fourth-order valence-electron chi connectivity index (χ4n) is 2.01. The molecule has 2 rings (SSSR count). The summed E-state index contributed by atoms with van der Waals surface area (Å²) >= 11 is 0. The van der Waals surface area contributed by atoms with Gasteiger partial charge in [0.05, 0.1) is 0 Å². The van der Waals surface area contributed by atoms with Gasteiger partial charge in [-0.2, -0.15) is 0 Å². The Bertz CT molecular complexity index is 346. The van der Waals surface area contributed by atoms with Gasteiger partial charge in [-0.15, -0.1) is 0 Å². The first-order valence-corrected chi connectivity index (χ1v) is 5.27. The molecule has 1 aliphatic heterocycles. The molecule has 3 N–H and O–H groups in total. The highest BCUT2D eigenvalue weighted by atomic mass is 16.1. The van der Waals surface area contributed by atoms with Crippen LogP contribution in [0.1, 0.15) is 30.5 Å². The molecule has 14 heavy (non-hydrogen) atoms. The lowest BCUT2D eigenvalue weighted by molar-refractivity contribution is 0.396. The minimum Gasteiger partial charge on any atom is -0.314 e. The van der Waals surface area contributed by atoms with E-state index in [-0.39, 0.29) is 5.56 Å². The molecular formula is C10H17N3O. The van der Waals surface area contributed by atoms with E-state index in [9.17, 15) is 4.79 Å². The van der Waals surface area contributed by atoms with Crippen LogP contribution >= 0.6 is 0 Å². The van der Waals surface area contributed by atoms with Crippen molar-refractivity contribution < 1.29 is 0 Å². The summed E-state index contributed by atoms with van der Waals surface area (Å²) in [5, 5.41) is 9.03. The molecule has 0 aliphatic carbocycles. The second-order valence-electron chi connectivity index (χ2n) is 4.03. The highest BCUT2D eigenvalue weighted by molar-refractivity contribution is 5.15. The predicted octanol–water partition coefficient (Wildman–Crippen LogP) is 0.696. The Morgan fingerprint density at radius 2 is 2.21 bits per heavy atom. The van der Waals surface area contributed by atoms with Crippen LogP contribution < -0.4 is 10.9 Å². The van der Waals surface area contributed by atoms with Crippen LogP contribution in [-0.2, 0) is 6.42 Å². The minimum atomic E-state index is 0.0100. The standard InChI is InChI=1S/C10H17N3O/c1-7-9(12-13-10(7)14)6-8-4-2-3-5-11-8/h8,11H,2-6H2,1H3,(H2,12,13,14). The van der Waals surface area contributed by atoms with Crippen molar-refractivity contribution in [1.29, 1.82) is 0 Å². The topological polar surface area (TPSA) is 60.7 Å². The maximum atomic E-state index is 11.2. The molecule has 78 valence electrons. The maximum absolute atomic E-state index is 11.2. The van der Waals surface area contributed by atoms with Crippen molar-refractivity contribution in [2.24, 2.45) is 0 Å². The third-order valence-corrected chi connectivity index (χ3v) is 2.98. The number of H-pyrrole nitrogens is 2. The van der Waals surface area contributed by atoms with E-state index in [1.54, 1.807) is 0 Å². The fourth-order valence-corrected chi connectivity index (χ4v) is 2.01. The van der Waals surface area contributed by atoms with Gasteiger partial charge in [-0.25, -0.2) is 0 Å². The predicted molar refractivity (Wildman–Crippen MR) is 55.5 cm³/mol. The molecule has 1 unspecified atom stereocenters. The van der Waals surface area contributed by atoms with Crippen LogP contribution in [0.15, 0.2) is 4.79 Å². The molecule has 1 aromatic rings. The lowest BCUT2D eigenvalue weighted by Crippen LogP contribution is -2.35. The number of piperidine rings is 1. The van der Waals surface area contributed by atoms with E-state index in [0.717, 1.165) is 24.2 Å². The van der Waals surface area contributed by atoms with Crippen molar-refractivity contribution in [3.8, 4) is 0 Å². The minimum absolute atomic E-state index is 0.0100. The molecule has 1 aromatic heterocycles. The van der Waals surface area contributed by atoms with E-state index in [4.69, 9.17) is 0 Å². The SMILES string of the molecule is Cc1c(CC2CCCCN2)[nH][nH]c1=O. The average molecular weight is 195 g/mol. The highest BCUT2D eigenvalue weighted by Gasteiger charge is 2.15. The number of nitrogens with one attached hydrogen (secondary N) is 3. The van der Waals surface area contributed by atoms with Crippen molar-refractivity contribution in [1.82, 2.24) is 15.5 Å². The molecule has 4 heteroatoms. The quantitative estimate of drug-likeness (QED) is 0.650. The molecule has 1 atom stereocenters. The zero-order valence-corrected chi connectivity index (χ0v) is 8.52. The summed E-state index contributed by atoms with van der Waals surface area (Å²) in [6.45, 7) is 2.98. The summed E-state index contributed by atoms with van der Waals surface area (Å²) in [4.78, 5) is 11.2. The van der Waals surface area contributed by atoms with E-state index in [1.807, 2.05) is 6.92 Å². The molecule has 4 nitrogen and oxygen atoms in total. The second kappa shape index (κ2) is 4.00. The summed E-state index contributed by atoms with van der Waals surface area (Å²) in [7, 11) is 0. The lowest BCUT2D eigenvalue weighted by atomic mass is 9.99. The Kier molecular flexibility index (Phi) is 2.72. The van der Waals surface area contributed by atoms with Gasteiger partial charge in [-0.1, -0.05) is 6.42 Å². The maximum Gasteiger partial charge on any atom is 0.267 e. The lowest BCUT2D eigenvalue weighted by Gasteiger charge is -2.22. The Hall–Kier alpha value is -1.03. The smallest absolute Gasteiger partial charge is 0.267 e. The molecule has 1 aliphatic rings. The molecule has 0 radical (unpaired) electrons. The number of aromatic nitrogens is 2. The van der Waals surface area contributed by atoms with Gasteiger partial charge < -0.3 is 10.4 Å². The molecule has 0 amide bonds. The molecule has 0 aromatic carbocycles. The normalized spacial score (nSPS) is 22.5. The molecule has 0 spiro atoms. The number of rotatable bonds is 2. The van der Waals surface area contributed by atoms with Crippen molar-refractivity contribution in [2.45, 2.75) is 38.6 Å². The van der Waals surface area contributed by atoms with Crippen LogP contribution in [0.25, 0.3) is 0 Å². The highest BCUT2D eigenvalue weighted by Crippen LogP contribution is 2.11. The summed E-state index contributed by atoms with van der Waals surface area (Å²) in [5.41, 5.74) is 1.89. The summed E-state index contributed by atoms with van der Waals surface area (Å²) < 4.78 is 0. The fraction of sp³-hybridized carbons (Fsp3) is 0.700.